The first-order valence-electron chi connectivity index (χ1n) is 3.04. The van der Waals surface area contributed by atoms with Crippen LogP contribution < -0.4 is 0 Å². The molecule has 0 amide bonds. The molecule has 0 aliphatic rings. The highest BCUT2D eigenvalue weighted by atomic mass is 127. The van der Waals surface area contributed by atoms with Crippen LogP contribution in [-0.4, -0.2) is 0 Å². The SMILES string of the molecule is Cc1ccc(C)c(I)c1Cl. The Labute approximate surface area is 79.7 Å². The largest absolute Gasteiger partial charge is 0.0829 e. The summed E-state index contributed by atoms with van der Waals surface area (Å²) < 4.78 is 1.17. The summed E-state index contributed by atoms with van der Waals surface area (Å²) in [5.41, 5.74) is 2.40. The third-order valence-electron chi connectivity index (χ3n) is 1.47. The Morgan fingerprint density at radius 2 is 1.70 bits per heavy atom. The van der Waals surface area contributed by atoms with Gasteiger partial charge in [0.2, 0.25) is 0 Å². The fourth-order valence-corrected chi connectivity index (χ4v) is 1.56. The molecule has 0 aliphatic carbocycles. The Balaban J connectivity index is 3.34. The van der Waals surface area contributed by atoms with Crippen LogP contribution in [0.4, 0.5) is 0 Å². The lowest BCUT2D eigenvalue weighted by molar-refractivity contribution is 1.36. The van der Waals surface area contributed by atoms with E-state index >= 15 is 0 Å². The standard InChI is InChI=1S/C8H8ClI/c1-5-3-4-6(2)8(10)7(5)9/h3-4H,1-2H3. The van der Waals surface area contributed by atoms with E-state index in [9.17, 15) is 0 Å². The van der Waals surface area contributed by atoms with Crippen molar-refractivity contribution < 1.29 is 0 Å². The average molecular weight is 267 g/mol. The summed E-state index contributed by atoms with van der Waals surface area (Å²) in [5.74, 6) is 0. The van der Waals surface area contributed by atoms with Crippen molar-refractivity contribution >= 4 is 34.2 Å². The van der Waals surface area contributed by atoms with Gasteiger partial charge in [-0.15, -0.1) is 0 Å². The summed E-state index contributed by atoms with van der Waals surface area (Å²) in [5, 5.41) is 0.889. The van der Waals surface area contributed by atoms with E-state index in [1.807, 2.05) is 13.0 Å². The van der Waals surface area contributed by atoms with Crippen molar-refractivity contribution in [1.29, 1.82) is 0 Å². The second-order valence-electron chi connectivity index (χ2n) is 2.33. The van der Waals surface area contributed by atoms with E-state index in [-0.39, 0.29) is 0 Å². The van der Waals surface area contributed by atoms with Crippen molar-refractivity contribution in [2.45, 2.75) is 13.8 Å². The molecule has 0 aliphatic heterocycles. The molecule has 0 radical (unpaired) electrons. The molecule has 0 bridgehead atoms. The van der Waals surface area contributed by atoms with Crippen molar-refractivity contribution in [3.8, 4) is 0 Å². The maximum absolute atomic E-state index is 5.98. The summed E-state index contributed by atoms with van der Waals surface area (Å²) in [6.07, 6.45) is 0. The minimum Gasteiger partial charge on any atom is -0.0829 e. The van der Waals surface area contributed by atoms with Crippen LogP contribution in [0, 0.1) is 17.4 Å². The Bertz CT molecular complexity index is 229. The fourth-order valence-electron chi connectivity index (χ4n) is 0.743. The van der Waals surface area contributed by atoms with Gasteiger partial charge in [0.1, 0.15) is 0 Å². The molecule has 0 atom stereocenters. The van der Waals surface area contributed by atoms with Crippen LogP contribution in [0.5, 0.6) is 0 Å². The molecule has 0 spiro atoms. The molecule has 1 aromatic rings. The summed E-state index contributed by atoms with van der Waals surface area (Å²) in [6, 6.07) is 4.13. The molecule has 1 aromatic carbocycles. The molecule has 0 nitrogen and oxygen atoms in total. The van der Waals surface area contributed by atoms with Crippen LogP contribution in [-0.2, 0) is 0 Å². The van der Waals surface area contributed by atoms with E-state index in [1.165, 1.54) is 9.13 Å². The molecular formula is C8H8ClI. The molecule has 0 saturated carbocycles. The summed E-state index contributed by atoms with van der Waals surface area (Å²) >= 11 is 8.24. The molecule has 2 heteroatoms. The van der Waals surface area contributed by atoms with Crippen LogP contribution in [0.1, 0.15) is 11.1 Å². The van der Waals surface area contributed by atoms with Gasteiger partial charge in [-0.05, 0) is 47.6 Å². The first-order valence-corrected chi connectivity index (χ1v) is 4.50. The maximum Gasteiger partial charge on any atom is 0.0571 e. The van der Waals surface area contributed by atoms with E-state index in [2.05, 4.69) is 35.6 Å². The number of benzene rings is 1. The highest BCUT2D eigenvalue weighted by Gasteiger charge is 2.01. The van der Waals surface area contributed by atoms with E-state index in [1.54, 1.807) is 0 Å². The van der Waals surface area contributed by atoms with Crippen molar-refractivity contribution in [3.63, 3.8) is 0 Å². The minimum atomic E-state index is 0.889. The molecule has 1 rings (SSSR count). The zero-order valence-corrected chi connectivity index (χ0v) is 8.82. The fraction of sp³-hybridized carbons (Fsp3) is 0.250. The van der Waals surface area contributed by atoms with Gasteiger partial charge in [-0.2, -0.15) is 0 Å². The van der Waals surface area contributed by atoms with E-state index < -0.39 is 0 Å². The van der Waals surface area contributed by atoms with Crippen molar-refractivity contribution in [2.24, 2.45) is 0 Å². The van der Waals surface area contributed by atoms with E-state index in [0.717, 1.165) is 10.6 Å². The monoisotopic (exact) mass is 266 g/mol. The molecular weight excluding hydrogens is 258 g/mol. The predicted molar refractivity (Wildman–Crippen MR) is 53.6 cm³/mol. The van der Waals surface area contributed by atoms with Gasteiger partial charge in [0.05, 0.1) is 5.02 Å². The maximum atomic E-state index is 5.98. The van der Waals surface area contributed by atoms with Crippen molar-refractivity contribution in [1.82, 2.24) is 0 Å². The number of rotatable bonds is 0. The Morgan fingerprint density at radius 1 is 1.20 bits per heavy atom. The second kappa shape index (κ2) is 3.09. The van der Waals surface area contributed by atoms with Crippen LogP contribution in [0.3, 0.4) is 0 Å². The van der Waals surface area contributed by atoms with Crippen molar-refractivity contribution in [3.05, 3.63) is 31.9 Å². The van der Waals surface area contributed by atoms with Gasteiger partial charge in [-0.1, -0.05) is 23.7 Å². The zero-order valence-electron chi connectivity index (χ0n) is 5.91. The van der Waals surface area contributed by atoms with Gasteiger partial charge in [0.15, 0.2) is 0 Å². The van der Waals surface area contributed by atoms with Gasteiger partial charge in [-0.3, -0.25) is 0 Å². The number of halogens is 2. The molecule has 10 heavy (non-hydrogen) atoms. The molecule has 0 unspecified atom stereocenters. The normalized spacial score (nSPS) is 10.0. The summed E-state index contributed by atoms with van der Waals surface area (Å²) in [4.78, 5) is 0. The molecule has 54 valence electrons. The Hall–Kier alpha value is 0.240. The predicted octanol–water partition coefficient (Wildman–Crippen LogP) is 3.56. The van der Waals surface area contributed by atoms with Gasteiger partial charge in [-0.25, -0.2) is 0 Å². The number of hydrogen-bond acceptors (Lipinski definition) is 0. The summed E-state index contributed by atoms with van der Waals surface area (Å²) in [6.45, 7) is 4.08. The average Bonchev–Trinajstić information content (AvgIpc) is 1.93. The summed E-state index contributed by atoms with van der Waals surface area (Å²) in [7, 11) is 0. The first-order chi connectivity index (χ1) is 4.63. The molecule has 0 saturated heterocycles. The van der Waals surface area contributed by atoms with Crippen LogP contribution in [0.15, 0.2) is 12.1 Å². The Morgan fingerprint density at radius 3 is 2.20 bits per heavy atom. The highest BCUT2D eigenvalue weighted by Crippen LogP contribution is 2.24. The topological polar surface area (TPSA) is 0 Å². The minimum absolute atomic E-state index is 0.889. The number of hydrogen-bond donors (Lipinski definition) is 0. The molecule has 0 heterocycles. The molecule has 0 fully saturated rings. The van der Waals surface area contributed by atoms with Gasteiger partial charge in [0.25, 0.3) is 0 Å². The van der Waals surface area contributed by atoms with Crippen LogP contribution >= 0.6 is 34.2 Å². The zero-order chi connectivity index (χ0) is 7.72. The van der Waals surface area contributed by atoms with Gasteiger partial charge < -0.3 is 0 Å². The van der Waals surface area contributed by atoms with Gasteiger partial charge >= 0.3 is 0 Å². The third kappa shape index (κ3) is 1.45. The second-order valence-corrected chi connectivity index (χ2v) is 3.78. The van der Waals surface area contributed by atoms with Gasteiger partial charge in [0, 0.05) is 3.57 Å². The van der Waals surface area contributed by atoms with E-state index in [4.69, 9.17) is 11.6 Å². The third-order valence-corrected chi connectivity index (χ3v) is 3.66. The van der Waals surface area contributed by atoms with Crippen LogP contribution in [0.2, 0.25) is 5.02 Å². The first kappa shape index (κ1) is 8.34. The lowest BCUT2D eigenvalue weighted by atomic mass is 10.2. The lowest BCUT2D eigenvalue weighted by Gasteiger charge is -2.02. The smallest absolute Gasteiger partial charge is 0.0571 e. The van der Waals surface area contributed by atoms with Crippen molar-refractivity contribution in [2.75, 3.05) is 0 Å². The molecule has 0 N–H and O–H groups in total. The molecule has 0 aromatic heterocycles. The quantitative estimate of drug-likeness (QED) is 0.630. The van der Waals surface area contributed by atoms with Crippen LogP contribution in [0.25, 0.3) is 0 Å². The highest BCUT2D eigenvalue weighted by molar-refractivity contribution is 14.1. The Kier molecular flexibility index (Phi) is 2.58. The lowest BCUT2D eigenvalue weighted by Crippen LogP contribution is -1.83. The number of aryl methyl sites for hydroxylation is 2. The van der Waals surface area contributed by atoms with E-state index in [0.29, 0.717) is 0 Å².